The summed E-state index contributed by atoms with van der Waals surface area (Å²) in [6.45, 7) is 6.48. The van der Waals surface area contributed by atoms with Crippen LogP contribution in [0, 0.1) is 0 Å². The molecule has 2 aliphatic rings. The molecule has 1 amide bonds. The van der Waals surface area contributed by atoms with Gasteiger partial charge >= 0.3 is 0 Å². The van der Waals surface area contributed by atoms with Crippen LogP contribution in [0.25, 0.3) is 0 Å². The summed E-state index contributed by atoms with van der Waals surface area (Å²) in [5.41, 5.74) is 1.29. The Bertz CT molecular complexity index is 860. The predicted molar refractivity (Wildman–Crippen MR) is 117 cm³/mol. The lowest BCUT2D eigenvalue weighted by Crippen LogP contribution is -2.38. The minimum absolute atomic E-state index is 0.0824. The number of carbonyl (C=O) groups is 1. The molecule has 1 saturated heterocycles. The number of piperidine rings is 1. The van der Waals surface area contributed by atoms with Crippen molar-refractivity contribution in [1.29, 1.82) is 0 Å². The zero-order valence-corrected chi connectivity index (χ0v) is 17.5. The normalized spacial score (nSPS) is 17.3. The molecule has 0 radical (unpaired) electrons. The molecule has 0 spiro atoms. The second kappa shape index (κ2) is 9.39. The van der Waals surface area contributed by atoms with E-state index in [1.807, 2.05) is 24.3 Å². The number of carbonyl (C=O) groups excluding carboxylic acids is 1. The van der Waals surface area contributed by atoms with Crippen LogP contribution in [0.1, 0.15) is 43.0 Å². The summed E-state index contributed by atoms with van der Waals surface area (Å²) >= 11 is 0. The van der Waals surface area contributed by atoms with Crippen LogP contribution < -0.4 is 14.4 Å². The molecule has 0 unspecified atom stereocenters. The van der Waals surface area contributed by atoms with E-state index in [-0.39, 0.29) is 17.8 Å². The van der Waals surface area contributed by atoms with E-state index in [1.54, 1.807) is 23.1 Å². The summed E-state index contributed by atoms with van der Waals surface area (Å²) in [6.07, 6.45) is 4.82. The van der Waals surface area contributed by atoms with Gasteiger partial charge in [-0.15, -0.1) is 0 Å². The molecule has 4 rings (SSSR count). The van der Waals surface area contributed by atoms with Crippen molar-refractivity contribution < 1.29 is 19.4 Å². The number of benzene rings is 2. The number of phenolic OH excluding ortho intramolecular Hbond substituents is 1. The molecule has 6 nitrogen and oxygen atoms in total. The number of hydrogen-bond donors (Lipinski definition) is 1. The van der Waals surface area contributed by atoms with E-state index in [0.717, 1.165) is 31.7 Å². The van der Waals surface area contributed by atoms with Gasteiger partial charge in [0, 0.05) is 24.7 Å². The Morgan fingerprint density at radius 2 is 1.90 bits per heavy atom. The van der Waals surface area contributed by atoms with Crippen molar-refractivity contribution in [1.82, 2.24) is 4.90 Å². The third-order valence-corrected chi connectivity index (χ3v) is 5.82. The fourth-order valence-electron chi connectivity index (χ4n) is 4.08. The van der Waals surface area contributed by atoms with Gasteiger partial charge in [0.15, 0.2) is 0 Å². The Labute approximate surface area is 178 Å². The topological polar surface area (TPSA) is 62.2 Å². The highest BCUT2D eigenvalue weighted by Gasteiger charge is 2.25. The number of hydrogen-bond acceptors (Lipinski definition) is 5. The van der Waals surface area contributed by atoms with Crippen LogP contribution in [0.5, 0.6) is 17.2 Å². The number of fused-ring (bicyclic) bond motifs is 1. The lowest BCUT2D eigenvalue weighted by atomic mass is 10.1. The van der Waals surface area contributed by atoms with Gasteiger partial charge in [-0.25, -0.2) is 0 Å². The number of unbranched alkanes of at least 4 members (excludes halogenated alkanes) is 1. The molecule has 2 aromatic carbocycles. The smallest absolute Gasteiger partial charge is 0.258 e. The van der Waals surface area contributed by atoms with Crippen LogP contribution in [0.15, 0.2) is 42.5 Å². The van der Waals surface area contributed by atoms with Crippen molar-refractivity contribution in [2.24, 2.45) is 0 Å². The lowest BCUT2D eigenvalue weighted by Gasteiger charge is -2.32. The third kappa shape index (κ3) is 4.70. The van der Waals surface area contributed by atoms with Gasteiger partial charge in [0.1, 0.15) is 30.0 Å². The molecule has 6 heteroatoms. The molecule has 1 N–H and O–H groups in total. The van der Waals surface area contributed by atoms with E-state index >= 15 is 0 Å². The van der Waals surface area contributed by atoms with Gasteiger partial charge < -0.3 is 24.4 Å². The highest BCUT2D eigenvalue weighted by Crippen LogP contribution is 2.35. The first kappa shape index (κ1) is 20.5. The number of rotatable bonds is 6. The number of nitrogens with zero attached hydrogens (tertiary/aromatic N) is 2. The first-order valence-corrected chi connectivity index (χ1v) is 10.9. The van der Waals surface area contributed by atoms with Crippen LogP contribution in [-0.4, -0.2) is 54.8 Å². The molecule has 0 saturated carbocycles. The molecular weight excluding hydrogens is 380 g/mol. The number of likely N-dealkylation sites (tertiary alicyclic amines) is 1. The van der Waals surface area contributed by atoms with Gasteiger partial charge in [0.2, 0.25) is 0 Å². The Balaban J connectivity index is 1.36. The fraction of sp³-hybridized carbons (Fsp3) is 0.458. The summed E-state index contributed by atoms with van der Waals surface area (Å²) in [4.78, 5) is 17.2. The van der Waals surface area contributed by atoms with Crippen molar-refractivity contribution >= 4 is 11.6 Å². The van der Waals surface area contributed by atoms with Crippen LogP contribution >= 0.6 is 0 Å². The number of phenols is 1. The molecule has 2 heterocycles. The van der Waals surface area contributed by atoms with Crippen molar-refractivity contribution in [2.45, 2.75) is 38.7 Å². The SMILES string of the molecule is CCCCN1CCC(Oc2ccc(C(=O)N3CCOc4cc(O)ccc43)cc2)CC1. The van der Waals surface area contributed by atoms with Crippen LogP contribution in [0.3, 0.4) is 0 Å². The van der Waals surface area contributed by atoms with Crippen LogP contribution in [0.2, 0.25) is 0 Å². The van der Waals surface area contributed by atoms with Gasteiger partial charge in [-0.1, -0.05) is 13.3 Å². The van der Waals surface area contributed by atoms with Gasteiger partial charge in [-0.05, 0) is 62.2 Å². The average Bonchev–Trinajstić information content (AvgIpc) is 2.78. The molecular formula is C24H30N2O4. The highest BCUT2D eigenvalue weighted by molar-refractivity contribution is 6.07. The Morgan fingerprint density at radius 3 is 2.63 bits per heavy atom. The maximum absolute atomic E-state index is 13.0. The van der Waals surface area contributed by atoms with Crippen LogP contribution in [-0.2, 0) is 0 Å². The minimum atomic E-state index is -0.0824. The van der Waals surface area contributed by atoms with Crippen molar-refractivity contribution in [2.75, 3.05) is 37.7 Å². The number of ether oxygens (including phenoxy) is 2. The van der Waals surface area contributed by atoms with Crippen molar-refractivity contribution in [3.05, 3.63) is 48.0 Å². The predicted octanol–water partition coefficient (Wildman–Crippen LogP) is 4.07. The second-order valence-electron chi connectivity index (χ2n) is 7.99. The lowest BCUT2D eigenvalue weighted by molar-refractivity contribution is 0.0974. The summed E-state index contributed by atoms with van der Waals surface area (Å²) in [5.74, 6) is 1.38. The molecule has 30 heavy (non-hydrogen) atoms. The quantitative estimate of drug-likeness (QED) is 0.778. The highest BCUT2D eigenvalue weighted by atomic mass is 16.5. The molecule has 2 aliphatic heterocycles. The monoisotopic (exact) mass is 410 g/mol. The Morgan fingerprint density at radius 1 is 1.13 bits per heavy atom. The van der Waals surface area contributed by atoms with E-state index < -0.39 is 0 Å². The van der Waals surface area contributed by atoms with Gasteiger partial charge in [0.05, 0.1) is 12.2 Å². The molecule has 1 fully saturated rings. The van der Waals surface area contributed by atoms with E-state index in [1.165, 1.54) is 19.4 Å². The minimum Gasteiger partial charge on any atom is -0.508 e. The summed E-state index contributed by atoms with van der Waals surface area (Å²) < 4.78 is 11.7. The summed E-state index contributed by atoms with van der Waals surface area (Å²) in [6, 6.07) is 12.2. The van der Waals surface area contributed by atoms with Gasteiger partial charge in [-0.3, -0.25) is 4.79 Å². The molecule has 0 atom stereocenters. The molecule has 0 aromatic heterocycles. The van der Waals surface area contributed by atoms with Gasteiger partial charge in [0.25, 0.3) is 5.91 Å². The number of aromatic hydroxyl groups is 1. The van der Waals surface area contributed by atoms with Crippen molar-refractivity contribution in [3.8, 4) is 17.2 Å². The van der Waals surface area contributed by atoms with Gasteiger partial charge in [-0.2, -0.15) is 0 Å². The third-order valence-electron chi connectivity index (χ3n) is 5.82. The number of anilines is 1. The Hall–Kier alpha value is -2.73. The summed E-state index contributed by atoms with van der Waals surface area (Å²) in [5, 5.41) is 9.65. The van der Waals surface area contributed by atoms with E-state index in [9.17, 15) is 9.90 Å². The van der Waals surface area contributed by atoms with E-state index in [4.69, 9.17) is 9.47 Å². The van der Waals surface area contributed by atoms with E-state index in [2.05, 4.69) is 11.8 Å². The van der Waals surface area contributed by atoms with Crippen molar-refractivity contribution in [3.63, 3.8) is 0 Å². The number of amides is 1. The fourth-order valence-corrected chi connectivity index (χ4v) is 4.08. The second-order valence-corrected chi connectivity index (χ2v) is 7.99. The molecule has 0 bridgehead atoms. The zero-order chi connectivity index (χ0) is 20.9. The standard InChI is InChI=1S/C24H30N2O4/c1-2-3-12-25-13-10-21(11-14-25)30-20-7-4-18(5-8-20)24(28)26-15-16-29-23-17-19(27)6-9-22(23)26/h4-9,17,21,27H,2-3,10-16H2,1H3. The Kier molecular flexibility index (Phi) is 6.43. The maximum atomic E-state index is 13.0. The molecule has 0 aliphatic carbocycles. The first-order chi connectivity index (χ1) is 14.6. The molecule has 160 valence electrons. The zero-order valence-electron chi connectivity index (χ0n) is 17.5. The molecule has 2 aromatic rings. The average molecular weight is 411 g/mol. The largest absolute Gasteiger partial charge is 0.508 e. The maximum Gasteiger partial charge on any atom is 0.258 e. The van der Waals surface area contributed by atoms with Crippen LogP contribution in [0.4, 0.5) is 5.69 Å². The summed E-state index contributed by atoms with van der Waals surface area (Å²) in [7, 11) is 0. The first-order valence-electron chi connectivity index (χ1n) is 10.9. The van der Waals surface area contributed by atoms with E-state index in [0.29, 0.717) is 30.2 Å².